The minimum absolute atomic E-state index is 0.0218. The Kier molecular flexibility index (Phi) is 5.84. The molecule has 2 heterocycles. The van der Waals surface area contributed by atoms with Gasteiger partial charge >= 0.3 is 0 Å². The molecule has 2 amide bonds. The molecule has 2 aromatic carbocycles. The first-order valence-corrected chi connectivity index (χ1v) is 10.1. The van der Waals surface area contributed by atoms with Crippen molar-refractivity contribution in [1.29, 1.82) is 0 Å². The van der Waals surface area contributed by atoms with E-state index in [0.717, 1.165) is 25.1 Å². The van der Waals surface area contributed by atoms with Gasteiger partial charge in [-0.2, -0.15) is 0 Å². The normalized spacial score (nSPS) is 12.5. The molecule has 1 N–H and O–H groups in total. The van der Waals surface area contributed by atoms with Gasteiger partial charge in [-0.15, -0.1) is 0 Å². The number of likely N-dealkylation sites (N-methyl/N-ethyl adjacent to an activating group) is 1. The van der Waals surface area contributed by atoms with E-state index in [9.17, 15) is 9.59 Å². The van der Waals surface area contributed by atoms with Gasteiger partial charge in [0.1, 0.15) is 0 Å². The van der Waals surface area contributed by atoms with E-state index < -0.39 is 0 Å². The number of para-hydroxylation sites is 1. The van der Waals surface area contributed by atoms with Gasteiger partial charge in [-0.1, -0.05) is 42.5 Å². The van der Waals surface area contributed by atoms with Gasteiger partial charge in [0.15, 0.2) is 5.76 Å². The van der Waals surface area contributed by atoms with Crippen LogP contribution in [0.4, 0.5) is 5.69 Å². The predicted octanol–water partition coefficient (Wildman–Crippen LogP) is 3.23. The van der Waals surface area contributed by atoms with Crippen LogP contribution in [0, 0.1) is 0 Å². The first-order valence-electron chi connectivity index (χ1n) is 10.1. The fraction of sp³-hybridized carbons (Fsp3) is 0.250. The van der Waals surface area contributed by atoms with Crippen molar-refractivity contribution in [2.45, 2.75) is 19.5 Å². The largest absolute Gasteiger partial charge is 0.459 e. The number of benzene rings is 2. The number of fused-ring (bicyclic) bond motifs is 1. The van der Waals surface area contributed by atoms with Gasteiger partial charge in [0.2, 0.25) is 5.91 Å². The zero-order chi connectivity index (χ0) is 20.9. The number of furan rings is 1. The lowest BCUT2D eigenvalue weighted by Crippen LogP contribution is -2.38. The molecule has 1 aromatic heterocycles. The fourth-order valence-electron chi connectivity index (χ4n) is 3.69. The number of anilines is 1. The molecule has 0 saturated heterocycles. The van der Waals surface area contributed by atoms with E-state index in [0.29, 0.717) is 6.54 Å². The molecule has 0 saturated carbocycles. The molecular weight excluding hydrogens is 378 g/mol. The Morgan fingerprint density at radius 3 is 2.57 bits per heavy atom. The molecule has 0 bridgehead atoms. The van der Waals surface area contributed by atoms with Gasteiger partial charge in [0.25, 0.3) is 5.91 Å². The molecule has 0 aliphatic carbocycles. The van der Waals surface area contributed by atoms with Crippen molar-refractivity contribution in [2.24, 2.45) is 0 Å². The van der Waals surface area contributed by atoms with Crippen molar-refractivity contribution in [3.05, 3.63) is 89.4 Å². The lowest BCUT2D eigenvalue weighted by molar-refractivity contribution is -0.121. The highest BCUT2D eigenvalue weighted by Crippen LogP contribution is 2.28. The summed E-state index contributed by atoms with van der Waals surface area (Å²) in [4.78, 5) is 28.0. The molecule has 4 rings (SSSR count). The van der Waals surface area contributed by atoms with Crippen LogP contribution in [0.5, 0.6) is 0 Å². The van der Waals surface area contributed by atoms with E-state index >= 15 is 0 Å². The highest BCUT2D eigenvalue weighted by atomic mass is 16.3. The van der Waals surface area contributed by atoms with Crippen LogP contribution in [-0.4, -0.2) is 36.9 Å². The topological polar surface area (TPSA) is 65.8 Å². The average Bonchev–Trinajstić information content (AvgIpc) is 3.43. The van der Waals surface area contributed by atoms with Gasteiger partial charge in [0.05, 0.1) is 12.8 Å². The van der Waals surface area contributed by atoms with Gasteiger partial charge in [-0.05, 0) is 41.3 Å². The standard InChI is InChI=1S/C24H25N3O3/c1-26(24(29)22-7-4-14-30-22)17-23(28)25-15-18-8-10-19(11-9-18)16-27-13-12-20-5-2-3-6-21(20)27/h2-11,14H,12-13,15-17H2,1H3,(H,25,28). The number of nitrogens with zero attached hydrogens (tertiary/aromatic N) is 2. The summed E-state index contributed by atoms with van der Waals surface area (Å²) in [5, 5.41) is 2.86. The lowest BCUT2D eigenvalue weighted by atomic mass is 10.1. The van der Waals surface area contributed by atoms with E-state index in [2.05, 4.69) is 46.6 Å². The second kappa shape index (κ2) is 8.86. The van der Waals surface area contributed by atoms with E-state index in [1.807, 2.05) is 12.1 Å². The second-order valence-corrected chi connectivity index (χ2v) is 7.53. The molecule has 1 aliphatic rings. The smallest absolute Gasteiger partial charge is 0.289 e. The van der Waals surface area contributed by atoms with E-state index in [1.54, 1.807) is 19.2 Å². The van der Waals surface area contributed by atoms with E-state index in [4.69, 9.17) is 4.42 Å². The quantitative estimate of drug-likeness (QED) is 0.658. The Morgan fingerprint density at radius 2 is 1.80 bits per heavy atom. The zero-order valence-electron chi connectivity index (χ0n) is 17.0. The van der Waals surface area contributed by atoms with Crippen LogP contribution in [0.2, 0.25) is 0 Å². The number of hydrogen-bond donors (Lipinski definition) is 1. The summed E-state index contributed by atoms with van der Waals surface area (Å²) in [6, 6.07) is 20.1. The SMILES string of the molecule is CN(CC(=O)NCc1ccc(CN2CCc3ccccc32)cc1)C(=O)c1ccco1. The van der Waals surface area contributed by atoms with Gasteiger partial charge in [0, 0.05) is 32.4 Å². The third-order valence-corrected chi connectivity index (χ3v) is 5.33. The molecule has 0 fully saturated rings. The predicted molar refractivity (Wildman–Crippen MR) is 115 cm³/mol. The summed E-state index contributed by atoms with van der Waals surface area (Å²) in [6.07, 6.45) is 2.53. The van der Waals surface area contributed by atoms with Crippen molar-refractivity contribution < 1.29 is 14.0 Å². The molecule has 0 radical (unpaired) electrons. The van der Waals surface area contributed by atoms with Crippen LogP contribution >= 0.6 is 0 Å². The molecule has 0 spiro atoms. The van der Waals surface area contributed by atoms with Crippen LogP contribution in [0.1, 0.15) is 27.2 Å². The maximum atomic E-state index is 12.2. The monoisotopic (exact) mass is 403 g/mol. The van der Waals surface area contributed by atoms with Crippen LogP contribution in [0.25, 0.3) is 0 Å². The summed E-state index contributed by atoms with van der Waals surface area (Å²) in [5.41, 5.74) is 4.99. The molecule has 0 atom stereocenters. The summed E-state index contributed by atoms with van der Waals surface area (Å²) < 4.78 is 5.08. The summed E-state index contributed by atoms with van der Waals surface area (Å²) in [7, 11) is 1.58. The summed E-state index contributed by atoms with van der Waals surface area (Å²) >= 11 is 0. The van der Waals surface area contributed by atoms with Crippen LogP contribution in [0.15, 0.2) is 71.3 Å². The van der Waals surface area contributed by atoms with Crippen LogP contribution in [0.3, 0.4) is 0 Å². The van der Waals surface area contributed by atoms with Crippen molar-refractivity contribution in [1.82, 2.24) is 10.2 Å². The average molecular weight is 403 g/mol. The molecule has 3 aromatic rings. The number of rotatable bonds is 7. The number of carbonyl (C=O) groups is 2. The first kappa shape index (κ1) is 19.8. The number of carbonyl (C=O) groups excluding carboxylic acids is 2. The number of amides is 2. The van der Waals surface area contributed by atoms with Crippen molar-refractivity contribution in [2.75, 3.05) is 25.0 Å². The second-order valence-electron chi connectivity index (χ2n) is 7.53. The Morgan fingerprint density at radius 1 is 1.03 bits per heavy atom. The van der Waals surface area contributed by atoms with Crippen molar-refractivity contribution >= 4 is 17.5 Å². The molecule has 6 nitrogen and oxygen atoms in total. The lowest BCUT2D eigenvalue weighted by Gasteiger charge is -2.19. The summed E-state index contributed by atoms with van der Waals surface area (Å²) in [5.74, 6) is -0.306. The minimum Gasteiger partial charge on any atom is -0.459 e. The number of nitrogens with one attached hydrogen (secondary N) is 1. The Labute approximate surface area is 176 Å². The van der Waals surface area contributed by atoms with Crippen molar-refractivity contribution in [3.8, 4) is 0 Å². The molecule has 6 heteroatoms. The number of hydrogen-bond acceptors (Lipinski definition) is 4. The molecule has 154 valence electrons. The third kappa shape index (κ3) is 4.54. The molecule has 1 aliphatic heterocycles. The Balaban J connectivity index is 1.26. The van der Waals surface area contributed by atoms with Crippen LogP contribution < -0.4 is 10.2 Å². The molecule has 0 unspecified atom stereocenters. The maximum absolute atomic E-state index is 12.2. The van der Waals surface area contributed by atoms with Gasteiger partial charge < -0.3 is 19.5 Å². The van der Waals surface area contributed by atoms with E-state index in [-0.39, 0.29) is 24.1 Å². The van der Waals surface area contributed by atoms with Gasteiger partial charge in [-0.25, -0.2) is 0 Å². The molecular formula is C24H25N3O3. The molecule has 30 heavy (non-hydrogen) atoms. The zero-order valence-corrected chi connectivity index (χ0v) is 17.0. The fourth-order valence-corrected chi connectivity index (χ4v) is 3.69. The summed E-state index contributed by atoms with van der Waals surface area (Å²) in [6.45, 7) is 2.32. The Hall–Kier alpha value is -3.54. The highest BCUT2D eigenvalue weighted by molar-refractivity contribution is 5.94. The maximum Gasteiger partial charge on any atom is 0.289 e. The first-order chi connectivity index (χ1) is 14.6. The van der Waals surface area contributed by atoms with E-state index in [1.165, 1.54) is 28.0 Å². The minimum atomic E-state index is -0.317. The third-order valence-electron chi connectivity index (χ3n) is 5.33. The Bertz CT molecular complexity index is 1010. The highest BCUT2D eigenvalue weighted by Gasteiger charge is 2.18. The van der Waals surface area contributed by atoms with Gasteiger partial charge in [-0.3, -0.25) is 9.59 Å². The van der Waals surface area contributed by atoms with Crippen molar-refractivity contribution in [3.63, 3.8) is 0 Å². The van der Waals surface area contributed by atoms with Crippen LogP contribution in [-0.2, 0) is 24.3 Å².